The highest BCUT2D eigenvalue weighted by molar-refractivity contribution is 6.02. The molecule has 6 heteroatoms. The highest BCUT2D eigenvalue weighted by Crippen LogP contribution is 2.48. The van der Waals surface area contributed by atoms with E-state index in [1.165, 1.54) is 12.8 Å². The van der Waals surface area contributed by atoms with Crippen LogP contribution in [0.3, 0.4) is 0 Å². The fourth-order valence-electron chi connectivity index (χ4n) is 4.64. The Morgan fingerprint density at radius 1 is 0.886 bits per heavy atom. The molecule has 2 atom stereocenters. The Hall–Kier alpha value is -3.67. The molecule has 3 aromatic rings. The lowest BCUT2D eigenvalue weighted by atomic mass is 9.95. The molecule has 2 aliphatic heterocycles. The van der Waals surface area contributed by atoms with Crippen LogP contribution in [0.1, 0.15) is 61.6 Å². The Morgan fingerprint density at radius 3 is 2.31 bits per heavy atom. The third kappa shape index (κ3) is 4.78. The van der Waals surface area contributed by atoms with Crippen LogP contribution in [0, 0.1) is 0 Å². The van der Waals surface area contributed by atoms with Gasteiger partial charge in [-0.2, -0.15) is 5.10 Å². The molecule has 35 heavy (non-hydrogen) atoms. The number of hydrogen-bond donors (Lipinski definition) is 0. The lowest BCUT2D eigenvalue weighted by molar-refractivity contribution is -0.0191. The third-order valence-corrected chi connectivity index (χ3v) is 6.60. The van der Waals surface area contributed by atoms with Crippen LogP contribution in [0.2, 0.25) is 0 Å². The van der Waals surface area contributed by atoms with Gasteiger partial charge in [0.2, 0.25) is 6.23 Å². The van der Waals surface area contributed by atoms with Gasteiger partial charge in [-0.1, -0.05) is 19.8 Å². The summed E-state index contributed by atoms with van der Waals surface area (Å²) >= 11 is 0. The molecule has 182 valence electrons. The lowest BCUT2D eigenvalue weighted by Crippen LogP contribution is -2.33. The molecule has 0 aliphatic carbocycles. The highest BCUT2D eigenvalue weighted by Gasteiger charge is 2.41. The summed E-state index contributed by atoms with van der Waals surface area (Å²) in [4.78, 5) is 0. The normalized spacial score (nSPS) is 18.3. The molecule has 0 bridgehead atoms. The van der Waals surface area contributed by atoms with E-state index in [-0.39, 0.29) is 12.3 Å². The fourth-order valence-corrected chi connectivity index (χ4v) is 4.64. The number of hydrogen-bond acceptors (Lipinski definition) is 6. The van der Waals surface area contributed by atoms with Crippen molar-refractivity contribution in [1.29, 1.82) is 0 Å². The molecule has 0 aromatic heterocycles. The van der Waals surface area contributed by atoms with Crippen molar-refractivity contribution in [3.63, 3.8) is 0 Å². The monoisotopic (exact) mass is 472 g/mol. The molecule has 0 amide bonds. The number of ether oxygens (including phenoxy) is 4. The van der Waals surface area contributed by atoms with Gasteiger partial charge in [-0.3, -0.25) is 0 Å². The Bertz CT molecular complexity index is 1170. The summed E-state index contributed by atoms with van der Waals surface area (Å²) in [6.45, 7) is 2.94. The van der Waals surface area contributed by atoms with E-state index in [9.17, 15) is 0 Å². The maximum absolute atomic E-state index is 6.51. The fraction of sp³-hybridized carbons (Fsp3) is 0.345. The van der Waals surface area contributed by atoms with Gasteiger partial charge in [0.15, 0.2) is 0 Å². The van der Waals surface area contributed by atoms with Crippen LogP contribution in [-0.2, 0) is 0 Å². The Morgan fingerprint density at radius 2 is 1.60 bits per heavy atom. The van der Waals surface area contributed by atoms with Crippen molar-refractivity contribution >= 4 is 5.71 Å². The van der Waals surface area contributed by atoms with Crippen LogP contribution < -0.4 is 18.9 Å². The van der Waals surface area contributed by atoms with Crippen LogP contribution in [-0.4, -0.2) is 31.5 Å². The Labute approximate surface area is 207 Å². The molecule has 0 radical (unpaired) electrons. The van der Waals surface area contributed by atoms with E-state index in [0.29, 0.717) is 0 Å². The summed E-state index contributed by atoms with van der Waals surface area (Å²) in [5, 5.41) is 7.13. The molecule has 5 rings (SSSR count). The molecule has 0 spiro atoms. The number of unbranched alkanes of at least 4 members (excludes halogenated alkanes) is 2. The summed E-state index contributed by atoms with van der Waals surface area (Å²) in [5.74, 6) is 3.39. The average Bonchev–Trinajstić information content (AvgIpc) is 3.37. The molecule has 0 N–H and O–H groups in total. The summed E-state index contributed by atoms with van der Waals surface area (Å²) in [5.41, 5.74) is 4.23. The van der Waals surface area contributed by atoms with Crippen molar-refractivity contribution in [2.24, 2.45) is 5.10 Å². The van der Waals surface area contributed by atoms with Gasteiger partial charge in [-0.25, -0.2) is 5.01 Å². The van der Waals surface area contributed by atoms with Crippen molar-refractivity contribution in [3.8, 4) is 23.0 Å². The second kappa shape index (κ2) is 10.3. The SMILES string of the molecule is CCCCCOc1ccc([C@@H]2Oc3ccc(OC)cc3[C@@H]3CC(c4ccc(OC)cc4)=NN32)cc1. The minimum absolute atomic E-state index is 0.0564. The third-order valence-electron chi connectivity index (χ3n) is 6.60. The van der Waals surface area contributed by atoms with Crippen molar-refractivity contribution in [3.05, 3.63) is 83.4 Å². The second-order valence-electron chi connectivity index (χ2n) is 8.87. The van der Waals surface area contributed by atoms with Crippen molar-refractivity contribution in [2.45, 2.75) is 44.9 Å². The van der Waals surface area contributed by atoms with Gasteiger partial charge in [-0.15, -0.1) is 0 Å². The molecule has 2 aliphatic rings. The maximum atomic E-state index is 6.51. The molecule has 0 unspecified atom stereocenters. The summed E-state index contributed by atoms with van der Waals surface area (Å²) < 4.78 is 23.2. The average molecular weight is 473 g/mol. The number of rotatable bonds is 9. The zero-order chi connectivity index (χ0) is 24.2. The Kier molecular flexibility index (Phi) is 6.80. The van der Waals surface area contributed by atoms with Crippen LogP contribution in [0.15, 0.2) is 71.8 Å². The molecule has 0 saturated carbocycles. The van der Waals surface area contributed by atoms with Crippen LogP contribution in [0.5, 0.6) is 23.0 Å². The molecule has 6 nitrogen and oxygen atoms in total. The van der Waals surface area contributed by atoms with E-state index in [1.54, 1.807) is 14.2 Å². The predicted molar refractivity (Wildman–Crippen MR) is 137 cm³/mol. The van der Waals surface area contributed by atoms with Gasteiger partial charge in [0.25, 0.3) is 0 Å². The van der Waals surface area contributed by atoms with Gasteiger partial charge in [0, 0.05) is 17.5 Å². The first-order valence-electron chi connectivity index (χ1n) is 12.3. The van der Waals surface area contributed by atoms with Gasteiger partial charge in [0.1, 0.15) is 23.0 Å². The van der Waals surface area contributed by atoms with Gasteiger partial charge >= 0.3 is 0 Å². The molecular weight excluding hydrogens is 440 g/mol. The van der Waals surface area contributed by atoms with E-state index in [4.69, 9.17) is 24.0 Å². The second-order valence-corrected chi connectivity index (χ2v) is 8.87. The van der Waals surface area contributed by atoms with E-state index >= 15 is 0 Å². The van der Waals surface area contributed by atoms with Crippen molar-refractivity contribution < 1.29 is 18.9 Å². The molecule has 3 aromatic carbocycles. The zero-order valence-corrected chi connectivity index (χ0v) is 20.6. The standard InChI is InChI=1S/C29H32N2O4/c1-4-5-6-17-34-23-13-9-21(10-14-23)29-31-27(25-18-24(33-3)15-16-28(25)35-29)19-26(30-31)20-7-11-22(32-2)12-8-20/h7-16,18,27,29H,4-6,17,19H2,1-3H3/t27-,29-/m0/s1. The minimum Gasteiger partial charge on any atom is -0.497 e. The van der Waals surface area contributed by atoms with Crippen LogP contribution >= 0.6 is 0 Å². The zero-order valence-electron chi connectivity index (χ0n) is 20.6. The van der Waals surface area contributed by atoms with Gasteiger partial charge in [0.05, 0.1) is 32.6 Å². The van der Waals surface area contributed by atoms with Gasteiger partial charge in [-0.05, 0) is 78.7 Å². The molecular formula is C29H32N2O4. The van der Waals surface area contributed by atoms with Gasteiger partial charge < -0.3 is 18.9 Å². The van der Waals surface area contributed by atoms with Crippen LogP contribution in [0.4, 0.5) is 0 Å². The molecule has 0 saturated heterocycles. The maximum Gasteiger partial charge on any atom is 0.213 e. The smallest absolute Gasteiger partial charge is 0.213 e. The highest BCUT2D eigenvalue weighted by atomic mass is 16.5. The number of nitrogens with zero attached hydrogens (tertiary/aromatic N) is 2. The largest absolute Gasteiger partial charge is 0.497 e. The van der Waals surface area contributed by atoms with E-state index < -0.39 is 0 Å². The van der Waals surface area contributed by atoms with Crippen LogP contribution in [0.25, 0.3) is 0 Å². The quantitative estimate of drug-likeness (QED) is 0.332. The van der Waals surface area contributed by atoms with E-state index in [1.807, 2.05) is 36.4 Å². The number of methoxy groups -OCH3 is 2. The molecule has 0 fully saturated rings. The number of hydrazone groups is 1. The van der Waals surface area contributed by atoms with E-state index in [2.05, 4.69) is 42.3 Å². The summed E-state index contributed by atoms with van der Waals surface area (Å²) in [6.07, 6.45) is 3.90. The summed E-state index contributed by atoms with van der Waals surface area (Å²) in [6, 6.07) is 22.3. The first kappa shape index (κ1) is 23.1. The van der Waals surface area contributed by atoms with Crippen molar-refractivity contribution in [1.82, 2.24) is 5.01 Å². The lowest BCUT2D eigenvalue weighted by Gasteiger charge is -2.38. The first-order valence-corrected chi connectivity index (χ1v) is 12.3. The first-order chi connectivity index (χ1) is 17.2. The topological polar surface area (TPSA) is 52.5 Å². The predicted octanol–water partition coefficient (Wildman–Crippen LogP) is 6.52. The van der Waals surface area contributed by atoms with E-state index in [0.717, 1.165) is 64.8 Å². The summed E-state index contributed by atoms with van der Waals surface area (Å²) in [7, 11) is 3.36. The molecule has 2 heterocycles. The number of fused-ring (bicyclic) bond motifs is 3. The van der Waals surface area contributed by atoms with Crippen molar-refractivity contribution in [2.75, 3.05) is 20.8 Å². The minimum atomic E-state index is -0.328. The Balaban J connectivity index is 1.44. The number of benzene rings is 3.